The average Bonchev–Trinajstić information content (AvgIpc) is 2.91. The Morgan fingerprint density at radius 1 is 1.20 bits per heavy atom. The molecule has 1 aromatic carbocycles. The molecule has 3 nitrogen and oxygen atoms in total. The predicted octanol–water partition coefficient (Wildman–Crippen LogP) is 2.40. The standard InChI is InChI=1S/C17H28N2O/c1-15-6-4-5-7-17(15)13-19(10-9-18(2)3)12-16-8-11-20-14-16/h4-7,16H,8-14H2,1-3H3. The van der Waals surface area contributed by atoms with Gasteiger partial charge in [-0.15, -0.1) is 0 Å². The summed E-state index contributed by atoms with van der Waals surface area (Å²) in [6.45, 7) is 8.53. The van der Waals surface area contributed by atoms with Crippen molar-refractivity contribution in [2.75, 3.05) is 46.9 Å². The Balaban J connectivity index is 1.95. The molecule has 1 fully saturated rings. The maximum atomic E-state index is 5.52. The van der Waals surface area contributed by atoms with E-state index in [1.54, 1.807) is 0 Å². The van der Waals surface area contributed by atoms with E-state index in [-0.39, 0.29) is 0 Å². The highest BCUT2D eigenvalue weighted by Gasteiger charge is 2.19. The first-order chi connectivity index (χ1) is 9.65. The van der Waals surface area contributed by atoms with E-state index in [4.69, 9.17) is 4.74 Å². The van der Waals surface area contributed by atoms with Crippen LogP contribution in [0, 0.1) is 12.8 Å². The van der Waals surface area contributed by atoms with Crippen molar-refractivity contribution in [2.45, 2.75) is 19.9 Å². The van der Waals surface area contributed by atoms with Crippen molar-refractivity contribution in [1.82, 2.24) is 9.80 Å². The lowest BCUT2D eigenvalue weighted by Gasteiger charge is -2.27. The number of rotatable bonds is 7. The second-order valence-corrected chi connectivity index (χ2v) is 6.19. The first kappa shape index (κ1) is 15.5. The molecule has 20 heavy (non-hydrogen) atoms. The van der Waals surface area contributed by atoms with Gasteiger partial charge < -0.3 is 9.64 Å². The van der Waals surface area contributed by atoms with Crippen LogP contribution in [0.2, 0.25) is 0 Å². The Bertz CT molecular complexity index is 400. The maximum Gasteiger partial charge on any atom is 0.0507 e. The van der Waals surface area contributed by atoms with E-state index in [9.17, 15) is 0 Å². The molecule has 1 saturated heterocycles. The molecule has 0 aromatic heterocycles. The summed E-state index contributed by atoms with van der Waals surface area (Å²) in [6, 6.07) is 8.72. The van der Waals surface area contributed by atoms with E-state index in [0.717, 1.165) is 39.4 Å². The highest BCUT2D eigenvalue weighted by molar-refractivity contribution is 5.25. The van der Waals surface area contributed by atoms with Crippen LogP contribution in [0.15, 0.2) is 24.3 Å². The van der Waals surface area contributed by atoms with Gasteiger partial charge in [0.05, 0.1) is 6.61 Å². The molecule has 2 rings (SSSR count). The van der Waals surface area contributed by atoms with E-state index in [1.807, 2.05) is 0 Å². The average molecular weight is 276 g/mol. The van der Waals surface area contributed by atoms with Crippen molar-refractivity contribution >= 4 is 0 Å². The molecule has 0 spiro atoms. The third kappa shape index (κ3) is 4.89. The van der Waals surface area contributed by atoms with Crippen molar-refractivity contribution in [3.63, 3.8) is 0 Å². The molecule has 1 atom stereocenters. The van der Waals surface area contributed by atoms with Gasteiger partial charge in [-0.1, -0.05) is 24.3 Å². The van der Waals surface area contributed by atoms with Crippen molar-refractivity contribution in [3.8, 4) is 0 Å². The minimum absolute atomic E-state index is 0.709. The number of nitrogens with zero attached hydrogens (tertiary/aromatic N) is 2. The fraction of sp³-hybridized carbons (Fsp3) is 0.647. The molecule has 3 heteroatoms. The summed E-state index contributed by atoms with van der Waals surface area (Å²) in [7, 11) is 4.29. The number of aryl methyl sites for hydroxylation is 1. The molecular formula is C17H28N2O. The fourth-order valence-electron chi connectivity index (χ4n) is 2.70. The van der Waals surface area contributed by atoms with Crippen LogP contribution >= 0.6 is 0 Å². The second kappa shape index (κ2) is 7.77. The summed E-state index contributed by atoms with van der Waals surface area (Å²) in [6.07, 6.45) is 1.21. The topological polar surface area (TPSA) is 15.7 Å². The van der Waals surface area contributed by atoms with Gasteiger partial charge in [0.2, 0.25) is 0 Å². The van der Waals surface area contributed by atoms with Crippen LogP contribution < -0.4 is 0 Å². The van der Waals surface area contributed by atoms with E-state index >= 15 is 0 Å². The minimum atomic E-state index is 0.709. The van der Waals surface area contributed by atoms with Gasteiger partial charge in [0.15, 0.2) is 0 Å². The lowest BCUT2D eigenvalue weighted by atomic mass is 10.1. The summed E-state index contributed by atoms with van der Waals surface area (Å²) in [5.41, 5.74) is 2.84. The largest absolute Gasteiger partial charge is 0.381 e. The van der Waals surface area contributed by atoms with Gasteiger partial charge in [-0.3, -0.25) is 4.90 Å². The Morgan fingerprint density at radius 2 is 2.00 bits per heavy atom. The lowest BCUT2D eigenvalue weighted by Crippen LogP contribution is -2.35. The summed E-state index contributed by atoms with van der Waals surface area (Å²) in [4.78, 5) is 4.84. The van der Waals surface area contributed by atoms with Crippen molar-refractivity contribution in [1.29, 1.82) is 0 Å². The van der Waals surface area contributed by atoms with Crippen LogP contribution in [0.1, 0.15) is 17.5 Å². The van der Waals surface area contributed by atoms with E-state index in [2.05, 4.69) is 55.1 Å². The maximum absolute atomic E-state index is 5.52. The molecule has 1 aromatic rings. The van der Waals surface area contributed by atoms with Crippen LogP contribution in [0.3, 0.4) is 0 Å². The zero-order chi connectivity index (χ0) is 14.4. The first-order valence-corrected chi connectivity index (χ1v) is 7.64. The van der Waals surface area contributed by atoms with Gasteiger partial charge in [0, 0.05) is 32.8 Å². The Labute approximate surface area is 123 Å². The molecule has 1 heterocycles. The van der Waals surface area contributed by atoms with E-state index in [0.29, 0.717) is 5.92 Å². The van der Waals surface area contributed by atoms with Crippen LogP contribution in [0.25, 0.3) is 0 Å². The van der Waals surface area contributed by atoms with E-state index in [1.165, 1.54) is 17.5 Å². The first-order valence-electron chi connectivity index (χ1n) is 7.64. The Morgan fingerprint density at radius 3 is 2.65 bits per heavy atom. The van der Waals surface area contributed by atoms with Crippen LogP contribution in [-0.2, 0) is 11.3 Å². The highest BCUT2D eigenvalue weighted by Crippen LogP contribution is 2.17. The van der Waals surface area contributed by atoms with Crippen molar-refractivity contribution < 1.29 is 4.74 Å². The molecule has 0 saturated carbocycles. The predicted molar refractivity (Wildman–Crippen MR) is 83.9 cm³/mol. The number of ether oxygens (including phenoxy) is 1. The molecule has 112 valence electrons. The monoisotopic (exact) mass is 276 g/mol. The second-order valence-electron chi connectivity index (χ2n) is 6.19. The zero-order valence-corrected chi connectivity index (χ0v) is 13.1. The fourth-order valence-corrected chi connectivity index (χ4v) is 2.70. The van der Waals surface area contributed by atoms with Crippen LogP contribution in [0.4, 0.5) is 0 Å². The number of benzene rings is 1. The third-order valence-corrected chi connectivity index (χ3v) is 4.06. The molecule has 1 aliphatic rings. The lowest BCUT2D eigenvalue weighted by molar-refractivity contribution is 0.159. The van der Waals surface area contributed by atoms with E-state index < -0.39 is 0 Å². The minimum Gasteiger partial charge on any atom is -0.381 e. The van der Waals surface area contributed by atoms with Gasteiger partial charge in [0.25, 0.3) is 0 Å². The summed E-state index contributed by atoms with van der Waals surface area (Å²) in [5.74, 6) is 0.709. The molecule has 1 aliphatic heterocycles. The summed E-state index contributed by atoms with van der Waals surface area (Å²) in [5, 5.41) is 0. The summed E-state index contributed by atoms with van der Waals surface area (Å²) >= 11 is 0. The van der Waals surface area contributed by atoms with Gasteiger partial charge >= 0.3 is 0 Å². The quantitative estimate of drug-likeness (QED) is 0.760. The van der Waals surface area contributed by atoms with Gasteiger partial charge in [-0.05, 0) is 44.5 Å². The number of hydrogen-bond acceptors (Lipinski definition) is 3. The molecule has 0 bridgehead atoms. The Hall–Kier alpha value is -0.900. The van der Waals surface area contributed by atoms with Crippen molar-refractivity contribution in [2.24, 2.45) is 5.92 Å². The van der Waals surface area contributed by atoms with Gasteiger partial charge in [0.1, 0.15) is 0 Å². The third-order valence-electron chi connectivity index (χ3n) is 4.06. The highest BCUT2D eigenvalue weighted by atomic mass is 16.5. The smallest absolute Gasteiger partial charge is 0.0507 e. The molecule has 0 aliphatic carbocycles. The zero-order valence-electron chi connectivity index (χ0n) is 13.1. The van der Waals surface area contributed by atoms with Crippen LogP contribution in [-0.4, -0.2) is 56.7 Å². The molecule has 0 radical (unpaired) electrons. The summed E-state index contributed by atoms with van der Waals surface area (Å²) < 4.78 is 5.52. The SMILES string of the molecule is Cc1ccccc1CN(CCN(C)C)CC1CCOC1. The number of likely N-dealkylation sites (N-methyl/N-ethyl adjacent to an activating group) is 1. The molecule has 1 unspecified atom stereocenters. The van der Waals surface area contributed by atoms with Crippen LogP contribution in [0.5, 0.6) is 0 Å². The normalized spacial score (nSPS) is 19.1. The van der Waals surface area contributed by atoms with Gasteiger partial charge in [-0.25, -0.2) is 0 Å². The molecular weight excluding hydrogens is 248 g/mol. The number of hydrogen-bond donors (Lipinski definition) is 0. The molecule has 0 amide bonds. The Kier molecular flexibility index (Phi) is 6.02. The van der Waals surface area contributed by atoms with Crippen molar-refractivity contribution in [3.05, 3.63) is 35.4 Å². The van der Waals surface area contributed by atoms with Gasteiger partial charge in [-0.2, -0.15) is 0 Å². The molecule has 0 N–H and O–H groups in total.